The van der Waals surface area contributed by atoms with Crippen LogP contribution in [0.3, 0.4) is 0 Å². The lowest BCUT2D eigenvalue weighted by atomic mass is 9.95. The van der Waals surface area contributed by atoms with Crippen molar-refractivity contribution in [2.24, 2.45) is 15.9 Å². The van der Waals surface area contributed by atoms with Gasteiger partial charge in [0.2, 0.25) is 5.91 Å². The minimum atomic E-state index is -0.109. The van der Waals surface area contributed by atoms with Crippen LogP contribution in [-0.4, -0.2) is 29.5 Å². The lowest BCUT2D eigenvalue weighted by Crippen LogP contribution is -2.20. The van der Waals surface area contributed by atoms with Gasteiger partial charge >= 0.3 is 0 Å². The van der Waals surface area contributed by atoms with Crippen molar-refractivity contribution < 1.29 is 9.90 Å². The van der Waals surface area contributed by atoms with Crippen LogP contribution in [0.1, 0.15) is 34.9 Å². The first-order valence-corrected chi connectivity index (χ1v) is 13.5. The Hall–Kier alpha value is -4.23. The molecule has 192 valence electrons. The van der Waals surface area contributed by atoms with Gasteiger partial charge in [-0.3, -0.25) is 14.8 Å². The fourth-order valence-electron chi connectivity index (χ4n) is 4.52. The highest BCUT2D eigenvalue weighted by molar-refractivity contribution is 7.10. The second-order valence-corrected chi connectivity index (χ2v) is 10.4. The predicted molar refractivity (Wildman–Crippen MR) is 155 cm³/mol. The lowest BCUT2D eigenvalue weighted by Gasteiger charge is -2.21. The standard InChI is InChI=1S/C31H30N4O2S/c1-21-17-32-20-24-15-25(16-28(35-31(21)24)27-6-2-3-7-29(27)36)33-18-22-8-10-23(11-9-22)19-34-30(37)13-12-26-5-4-14-38-26/h2-14,16-17,24,33,36H,15,18-20H2,1H3,(H,34,37)/b13-12+. The maximum absolute atomic E-state index is 12.1. The topological polar surface area (TPSA) is 86.1 Å². The molecule has 1 atom stereocenters. The minimum Gasteiger partial charge on any atom is -0.507 e. The summed E-state index contributed by atoms with van der Waals surface area (Å²) in [5.74, 6) is 0.303. The monoisotopic (exact) mass is 522 g/mol. The van der Waals surface area contributed by atoms with Crippen molar-refractivity contribution in [3.8, 4) is 5.75 Å². The van der Waals surface area contributed by atoms with Crippen molar-refractivity contribution in [1.29, 1.82) is 0 Å². The molecule has 3 aromatic rings. The molecule has 5 rings (SSSR count). The smallest absolute Gasteiger partial charge is 0.244 e. The Labute approximate surface area is 226 Å². The molecule has 0 saturated heterocycles. The number of aliphatic imine (C=N–C) groups is 2. The first kappa shape index (κ1) is 25.4. The molecule has 1 unspecified atom stereocenters. The first-order valence-electron chi connectivity index (χ1n) is 12.6. The van der Waals surface area contributed by atoms with Crippen LogP contribution >= 0.6 is 11.3 Å². The number of para-hydroxylation sites is 1. The van der Waals surface area contributed by atoms with Gasteiger partial charge in [0.1, 0.15) is 5.75 Å². The molecule has 1 amide bonds. The first-order chi connectivity index (χ1) is 18.5. The molecule has 2 aliphatic rings. The van der Waals surface area contributed by atoms with E-state index in [2.05, 4.69) is 27.8 Å². The van der Waals surface area contributed by atoms with Gasteiger partial charge in [0.25, 0.3) is 0 Å². The van der Waals surface area contributed by atoms with Gasteiger partial charge < -0.3 is 15.7 Å². The Morgan fingerprint density at radius 1 is 1.08 bits per heavy atom. The van der Waals surface area contributed by atoms with Gasteiger partial charge in [0.05, 0.1) is 11.4 Å². The second-order valence-electron chi connectivity index (χ2n) is 9.38. The van der Waals surface area contributed by atoms with E-state index in [1.54, 1.807) is 23.5 Å². The summed E-state index contributed by atoms with van der Waals surface area (Å²) < 4.78 is 0. The fraction of sp³-hybridized carbons (Fsp3) is 0.194. The third-order valence-electron chi connectivity index (χ3n) is 6.55. The van der Waals surface area contributed by atoms with E-state index in [9.17, 15) is 9.90 Å². The van der Waals surface area contributed by atoms with Crippen LogP contribution in [0.2, 0.25) is 0 Å². The summed E-state index contributed by atoms with van der Waals surface area (Å²) in [4.78, 5) is 22.7. The number of dihydropyridines is 1. The number of rotatable bonds is 8. The maximum atomic E-state index is 12.1. The van der Waals surface area contributed by atoms with Crippen molar-refractivity contribution in [1.82, 2.24) is 10.6 Å². The highest BCUT2D eigenvalue weighted by atomic mass is 32.1. The SMILES string of the molecule is CC1=C2N=C(c3ccccc3O)C=C(NCc3ccc(CNC(=O)/C=C/c4cccs4)cc3)CC2CN=C1. The molecule has 6 nitrogen and oxygen atoms in total. The molecule has 0 spiro atoms. The predicted octanol–water partition coefficient (Wildman–Crippen LogP) is 5.62. The van der Waals surface area contributed by atoms with Crippen LogP contribution < -0.4 is 10.6 Å². The molecule has 2 aromatic carbocycles. The number of hydrogen-bond donors (Lipinski definition) is 3. The van der Waals surface area contributed by atoms with Gasteiger partial charge in [0, 0.05) is 54.0 Å². The van der Waals surface area contributed by atoms with Gasteiger partial charge in [-0.2, -0.15) is 0 Å². The Morgan fingerprint density at radius 3 is 2.63 bits per heavy atom. The zero-order chi connectivity index (χ0) is 26.3. The molecule has 38 heavy (non-hydrogen) atoms. The van der Waals surface area contributed by atoms with E-state index in [4.69, 9.17) is 4.99 Å². The Bertz CT molecular complexity index is 1450. The average Bonchev–Trinajstić information content (AvgIpc) is 3.38. The molecule has 3 N–H and O–H groups in total. The van der Waals surface area contributed by atoms with Crippen LogP contribution in [0.5, 0.6) is 5.75 Å². The number of carbonyl (C=O) groups is 1. The number of phenols is 1. The normalized spacial score (nSPS) is 17.0. The van der Waals surface area contributed by atoms with Crippen molar-refractivity contribution in [3.63, 3.8) is 0 Å². The zero-order valence-electron chi connectivity index (χ0n) is 21.2. The van der Waals surface area contributed by atoms with E-state index in [1.807, 2.05) is 73.1 Å². The van der Waals surface area contributed by atoms with Gasteiger partial charge in [-0.25, -0.2) is 0 Å². The Morgan fingerprint density at radius 2 is 1.87 bits per heavy atom. The Balaban J connectivity index is 1.23. The Kier molecular flexibility index (Phi) is 7.95. The maximum Gasteiger partial charge on any atom is 0.244 e. The summed E-state index contributed by atoms with van der Waals surface area (Å²) in [5.41, 5.74) is 6.79. The second kappa shape index (κ2) is 11.9. The number of thiophene rings is 1. The van der Waals surface area contributed by atoms with Crippen LogP contribution in [-0.2, 0) is 17.9 Å². The van der Waals surface area contributed by atoms with E-state index in [1.165, 1.54) is 0 Å². The van der Waals surface area contributed by atoms with Crippen LogP contribution in [0, 0.1) is 5.92 Å². The van der Waals surface area contributed by atoms with Gasteiger partial charge in [-0.1, -0.05) is 42.5 Å². The van der Waals surface area contributed by atoms with E-state index in [0.717, 1.165) is 45.1 Å². The molecule has 0 saturated carbocycles. The number of amides is 1. The van der Waals surface area contributed by atoms with E-state index >= 15 is 0 Å². The molecular weight excluding hydrogens is 492 g/mol. The third-order valence-corrected chi connectivity index (χ3v) is 7.39. The van der Waals surface area contributed by atoms with Crippen molar-refractivity contribution in [3.05, 3.63) is 117 Å². The number of carbonyl (C=O) groups excluding carboxylic acids is 1. The minimum absolute atomic E-state index is 0.109. The molecule has 0 bridgehead atoms. The van der Waals surface area contributed by atoms with Gasteiger partial charge in [0.15, 0.2) is 0 Å². The lowest BCUT2D eigenvalue weighted by molar-refractivity contribution is -0.116. The number of fused-ring (bicyclic) bond motifs is 1. The summed E-state index contributed by atoms with van der Waals surface area (Å²) in [6, 6.07) is 19.5. The zero-order valence-corrected chi connectivity index (χ0v) is 22.0. The molecule has 0 radical (unpaired) electrons. The summed E-state index contributed by atoms with van der Waals surface area (Å²) in [5, 5.41) is 19.0. The van der Waals surface area contributed by atoms with Crippen molar-refractivity contribution >= 4 is 35.2 Å². The number of aromatic hydroxyl groups is 1. The van der Waals surface area contributed by atoms with Gasteiger partial charge in [-0.05, 0) is 65.8 Å². The van der Waals surface area contributed by atoms with Crippen LogP contribution in [0.15, 0.2) is 105 Å². The highest BCUT2D eigenvalue weighted by Gasteiger charge is 2.24. The molecule has 0 aliphatic carbocycles. The number of allylic oxidation sites excluding steroid dienone is 3. The summed E-state index contributed by atoms with van der Waals surface area (Å²) in [6.45, 7) is 3.87. The molecule has 3 heterocycles. The van der Waals surface area contributed by atoms with E-state index in [-0.39, 0.29) is 17.6 Å². The van der Waals surface area contributed by atoms with E-state index in [0.29, 0.717) is 25.2 Å². The van der Waals surface area contributed by atoms with Crippen LogP contribution in [0.25, 0.3) is 6.08 Å². The number of benzene rings is 2. The number of hydrogen-bond acceptors (Lipinski definition) is 6. The van der Waals surface area contributed by atoms with Crippen LogP contribution in [0.4, 0.5) is 0 Å². The highest BCUT2D eigenvalue weighted by Crippen LogP contribution is 2.31. The van der Waals surface area contributed by atoms with Gasteiger partial charge in [-0.15, -0.1) is 11.3 Å². The van der Waals surface area contributed by atoms with Crippen molar-refractivity contribution in [2.75, 3.05) is 6.54 Å². The molecule has 7 heteroatoms. The third kappa shape index (κ3) is 6.36. The van der Waals surface area contributed by atoms with E-state index < -0.39 is 0 Å². The van der Waals surface area contributed by atoms with Crippen molar-refractivity contribution in [2.45, 2.75) is 26.4 Å². The fourth-order valence-corrected chi connectivity index (χ4v) is 5.14. The number of nitrogens with zero attached hydrogens (tertiary/aromatic N) is 2. The summed E-state index contributed by atoms with van der Waals surface area (Å²) >= 11 is 1.60. The molecule has 1 aromatic heterocycles. The molecular formula is C31H30N4O2S. The number of nitrogens with one attached hydrogen (secondary N) is 2. The number of phenolic OH excluding ortho intramolecular Hbond substituents is 1. The average molecular weight is 523 g/mol. The summed E-state index contributed by atoms with van der Waals surface area (Å²) in [6.07, 6.45) is 8.12. The quantitative estimate of drug-likeness (QED) is 0.336. The summed E-state index contributed by atoms with van der Waals surface area (Å²) in [7, 11) is 0. The molecule has 2 aliphatic heterocycles. The molecule has 0 fully saturated rings. The largest absolute Gasteiger partial charge is 0.507 e.